The van der Waals surface area contributed by atoms with Crippen molar-refractivity contribution < 1.29 is 0 Å². The van der Waals surface area contributed by atoms with Crippen LogP contribution in [0.25, 0.3) is 0 Å². The second-order valence-corrected chi connectivity index (χ2v) is 14.0. The minimum Gasteiger partial charge on any atom is -0.327 e. The van der Waals surface area contributed by atoms with Crippen LogP contribution in [0.4, 0.5) is 0 Å². The van der Waals surface area contributed by atoms with E-state index in [-0.39, 0.29) is 17.8 Å². The van der Waals surface area contributed by atoms with E-state index < -0.39 is 0 Å². The van der Waals surface area contributed by atoms with Gasteiger partial charge in [0.25, 0.3) is 0 Å². The molecule has 40 heavy (non-hydrogen) atoms. The standard InChI is InChI=1S/C18H26ClN.C17H24ClN.ClH/c1-20-17(14-6-3-2-4-7-14)18(12-5-13-18)15-8-10-16(19)11-9-15;18-15-9-7-14(8-10-15)17(11-4-12-17)16(19)13-5-2-1-3-6-13;/h8-11,14,17,20H,2-7,12-13H2,1H3;7-10,13,16H,1-6,11-12,19H2;1H. The fourth-order valence-corrected chi connectivity index (χ4v) is 8.90. The summed E-state index contributed by atoms with van der Waals surface area (Å²) in [6.45, 7) is 0. The van der Waals surface area contributed by atoms with E-state index in [1.165, 1.54) is 114 Å². The number of halogens is 3. The fraction of sp³-hybridized carbons (Fsp3) is 0.657. The lowest BCUT2D eigenvalue weighted by Gasteiger charge is -2.52. The first-order chi connectivity index (χ1) is 19.0. The van der Waals surface area contributed by atoms with Crippen LogP contribution < -0.4 is 11.1 Å². The maximum absolute atomic E-state index is 6.73. The van der Waals surface area contributed by atoms with E-state index >= 15 is 0 Å². The third-order valence-electron chi connectivity index (χ3n) is 11.2. The molecule has 5 heteroatoms. The lowest BCUT2D eigenvalue weighted by Crippen LogP contribution is -2.55. The van der Waals surface area contributed by atoms with E-state index in [0.717, 1.165) is 21.9 Å². The number of hydrogen-bond acceptors (Lipinski definition) is 2. The molecule has 2 unspecified atom stereocenters. The third kappa shape index (κ3) is 6.73. The van der Waals surface area contributed by atoms with Crippen molar-refractivity contribution in [2.75, 3.05) is 7.05 Å². The molecule has 0 aromatic heterocycles. The molecule has 0 saturated heterocycles. The van der Waals surface area contributed by atoms with Gasteiger partial charge in [0.15, 0.2) is 0 Å². The minimum absolute atomic E-state index is 0. The molecule has 4 aliphatic rings. The van der Waals surface area contributed by atoms with Gasteiger partial charge in [-0.1, -0.05) is 98.8 Å². The van der Waals surface area contributed by atoms with Crippen molar-refractivity contribution >= 4 is 35.6 Å². The average molecular weight is 606 g/mol. The molecular formula is C35H51Cl3N2. The van der Waals surface area contributed by atoms with E-state index in [1.54, 1.807) is 0 Å². The van der Waals surface area contributed by atoms with E-state index in [1.807, 2.05) is 12.1 Å². The van der Waals surface area contributed by atoms with Gasteiger partial charge in [-0.15, -0.1) is 12.4 Å². The summed E-state index contributed by atoms with van der Waals surface area (Å²) in [7, 11) is 2.16. The summed E-state index contributed by atoms with van der Waals surface area (Å²) in [6.07, 6.45) is 21.7. The Morgan fingerprint density at radius 3 is 1.40 bits per heavy atom. The maximum atomic E-state index is 6.73. The number of benzene rings is 2. The van der Waals surface area contributed by atoms with Gasteiger partial charge in [-0.3, -0.25) is 0 Å². The Labute approximate surface area is 260 Å². The maximum Gasteiger partial charge on any atom is 0.0406 e. The smallest absolute Gasteiger partial charge is 0.0406 e. The first-order valence-electron chi connectivity index (χ1n) is 15.9. The highest BCUT2D eigenvalue weighted by atomic mass is 35.5. The molecule has 4 aliphatic carbocycles. The van der Waals surface area contributed by atoms with Gasteiger partial charge in [0.2, 0.25) is 0 Å². The molecule has 0 spiro atoms. The lowest BCUT2D eigenvalue weighted by molar-refractivity contribution is 0.111. The largest absolute Gasteiger partial charge is 0.327 e. The molecule has 3 N–H and O–H groups in total. The average Bonchev–Trinajstić information content (AvgIpc) is 2.93. The van der Waals surface area contributed by atoms with Crippen LogP contribution in [0.15, 0.2) is 48.5 Å². The molecule has 0 amide bonds. The Hall–Kier alpha value is -0.770. The van der Waals surface area contributed by atoms with Crippen molar-refractivity contribution in [3.63, 3.8) is 0 Å². The van der Waals surface area contributed by atoms with Gasteiger partial charge < -0.3 is 11.1 Å². The predicted octanol–water partition coefficient (Wildman–Crippen LogP) is 10.0. The number of nitrogens with one attached hydrogen (secondary N) is 1. The molecule has 0 heterocycles. The normalized spacial score (nSPS) is 23.8. The highest BCUT2D eigenvalue weighted by Crippen LogP contribution is 2.51. The molecular weight excluding hydrogens is 555 g/mol. The molecule has 0 bridgehead atoms. The summed E-state index contributed by atoms with van der Waals surface area (Å²) in [4.78, 5) is 0. The lowest BCUT2D eigenvalue weighted by atomic mass is 9.56. The van der Waals surface area contributed by atoms with E-state index in [2.05, 4.69) is 48.8 Å². The Kier molecular flexibility index (Phi) is 11.7. The number of likely N-dealkylation sites (N-methyl/N-ethyl adjacent to an activating group) is 1. The van der Waals surface area contributed by atoms with Gasteiger partial charge in [0, 0.05) is 33.0 Å². The van der Waals surface area contributed by atoms with Crippen LogP contribution in [0.1, 0.15) is 114 Å². The predicted molar refractivity (Wildman–Crippen MR) is 175 cm³/mol. The molecule has 2 atom stereocenters. The zero-order valence-corrected chi connectivity index (χ0v) is 26.8. The van der Waals surface area contributed by atoms with E-state index in [4.69, 9.17) is 28.9 Å². The highest BCUT2D eigenvalue weighted by Gasteiger charge is 2.48. The van der Waals surface area contributed by atoms with Gasteiger partial charge in [0.1, 0.15) is 0 Å². The number of nitrogens with two attached hydrogens (primary N) is 1. The summed E-state index contributed by atoms with van der Waals surface area (Å²) in [5.74, 6) is 1.58. The van der Waals surface area contributed by atoms with Gasteiger partial charge in [0.05, 0.1) is 0 Å². The number of hydrogen-bond donors (Lipinski definition) is 2. The zero-order valence-electron chi connectivity index (χ0n) is 24.5. The van der Waals surface area contributed by atoms with Crippen molar-refractivity contribution in [2.45, 2.75) is 126 Å². The Morgan fingerprint density at radius 2 is 1.02 bits per heavy atom. The second kappa shape index (κ2) is 14.6. The van der Waals surface area contributed by atoms with E-state index in [0.29, 0.717) is 17.5 Å². The van der Waals surface area contributed by atoms with Crippen LogP contribution in [0.3, 0.4) is 0 Å². The molecule has 2 aromatic carbocycles. The zero-order chi connectivity index (χ0) is 27.3. The molecule has 0 aliphatic heterocycles. The third-order valence-corrected chi connectivity index (χ3v) is 11.7. The highest BCUT2D eigenvalue weighted by molar-refractivity contribution is 6.30. The fourth-order valence-electron chi connectivity index (χ4n) is 8.65. The van der Waals surface area contributed by atoms with Crippen molar-refractivity contribution in [3.8, 4) is 0 Å². The van der Waals surface area contributed by atoms with Gasteiger partial charge in [-0.2, -0.15) is 0 Å². The van der Waals surface area contributed by atoms with Crippen LogP contribution >= 0.6 is 35.6 Å². The molecule has 2 aromatic rings. The molecule has 2 nitrogen and oxygen atoms in total. The quantitative estimate of drug-likeness (QED) is 0.329. The van der Waals surface area contributed by atoms with Gasteiger partial charge in [-0.25, -0.2) is 0 Å². The Morgan fingerprint density at radius 1 is 0.625 bits per heavy atom. The van der Waals surface area contributed by atoms with Crippen molar-refractivity contribution in [2.24, 2.45) is 17.6 Å². The summed E-state index contributed by atoms with van der Waals surface area (Å²) >= 11 is 12.1. The number of rotatable bonds is 7. The summed E-state index contributed by atoms with van der Waals surface area (Å²) in [5, 5.41) is 5.37. The molecule has 0 radical (unpaired) electrons. The van der Waals surface area contributed by atoms with Crippen LogP contribution in [0.5, 0.6) is 0 Å². The van der Waals surface area contributed by atoms with Gasteiger partial charge in [-0.05, 0) is 106 Å². The van der Waals surface area contributed by atoms with Crippen molar-refractivity contribution in [1.29, 1.82) is 0 Å². The van der Waals surface area contributed by atoms with Crippen molar-refractivity contribution in [3.05, 3.63) is 69.7 Å². The van der Waals surface area contributed by atoms with Gasteiger partial charge >= 0.3 is 0 Å². The van der Waals surface area contributed by atoms with Crippen LogP contribution in [0.2, 0.25) is 10.0 Å². The molecule has 4 fully saturated rings. The Balaban J connectivity index is 0.000000181. The Bertz CT molecular complexity index is 1020. The molecule has 4 saturated carbocycles. The summed E-state index contributed by atoms with van der Waals surface area (Å²) in [6, 6.07) is 18.0. The van der Waals surface area contributed by atoms with Crippen LogP contribution in [0, 0.1) is 11.8 Å². The van der Waals surface area contributed by atoms with Crippen LogP contribution in [-0.4, -0.2) is 19.1 Å². The SMILES string of the molecule is CNC(C1CCCCC1)C1(c2ccc(Cl)cc2)CCC1.Cl.NC(C1CCCCC1)C1(c2ccc(Cl)cc2)CCC1. The first-order valence-corrected chi connectivity index (χ1v) is 16.7. The van der Waals surface area contributed by atoms with E-state index in [9.17, 15) is 0 Å². The summed E-state index contributed by atoms with van der Waals surface area (Å²) in [5.41, 5.74) is 10.2. The molecule has 6 rings (SSSR count). The second-order valence-electron chi connectivity index (χ2n) is 13.1. The molecule has 222 valence electrons. The monoisotopic (exact) mass is 604 g/mol. The van der Waals surface area contributed by atoms with Crippen molar-refractivity contribution in [1.82, 2.24) is 5.32 Å². The minimum atomic E-state index is 0. The summed E-state index contributed by atoms with van der Waals surface area (Å²) < 4.78 is 0. The first kappa shape index (κ1) is 32.2. The topological polar surface area (TPSA) is 38.0 Å². The van der Waals surface area contributed by atoms with Crippen LogP contribution in [-0.2, 0) is 10.8 Å².